The van der Waals surface area contributed by atoms with Crippen LogP contribution in [0.15, 0.2) is 0 Å². The van der Waals surface area contributed by atoms with E-state index in [1.165, 1.54) is 0 Å². The monoisotopic (exact) mass is 185 g/mol. The summed E-state index contributed by atoms with van der Waals surface area (Å²) in [4.78, 5) is 21.3. The molecule has 2 rings (SSSR count). The number of nitrogens with zero attached hydrogens (tertiary/aromatic N) is 1. The van der Waals surface area contributed by atoms with Crippen LogP contribution in [0.25, 0.3) is 0 Å². The zero-order valence-electron chi connectivity index (χ0n) is 7.19. The molecule has 0 aromatic rings. The van der Waals surface area contributed by atoms with Crippen LogP contribution in [0.5, 0.6) is 0 Å². The quantitative estimate of drug-likeness (QED) is 0.345. The van der Waals surface area contributed by atoms with Gasteiger partial charge in [0.15, 0.2) is 5.60 Å². The minimum atomic E-state index is -0.803. The van der Waals surface area contributed by atoms with Crippen LogP contribution in [0.1, 0.15) is 32.1 Å². The SMILES string of the molecule is O=C1CC([N+](=O)[O-])C2(CCCC2)O1. The molecule has 1 aliphatic heterocycles. The lowest BCUT2D eigenvalue weighted by Gasteiger charge is -2.22. The molecule has 1 atom stereocenters. The standard InChI is InChI=1S/C8H11NO4/c10-7-5-6(9(11)12)8(13-7)3-1-2-4-8/h6H,1-5H2. The summed E-state index contributed by atoms with van der Waals surface area (Å²) in [7, 11) is 0. The van der Waals surface area contributed by atoms with Crippen molar-refractivity contribution in [2.45, 2.75) is 43.7 Å². The minimum Gasteiger partial charge on any atom is -0.451 e. The molecule has 0 N–H and O–H groups in total. The van der Waals surface area contributed by atoms with Gasteiger partial charge in [-0.2, -0.15) is 0 Å². The smallest absolute Gasteiger partial charge is 0.313 e. The molecular formula is C8H11NO4. The van der Waals surface area contributed by atoms with Gasteiger partial charge in [0, 0.05) is 4.92 Å². The van der Waals surface area contributed by atoms with Crippen molar-refractivity contribution in [3.8, 4) is 0 Å². The number of nitro groups is 1. The maximum Gasteiger partial charge on any atom is 0.313 e. The molecule has 5 nitrogen and oxygen atoms in total. The third kappa shape index (κ3) is 1.18. The van der Waals surface area contributed by atoms with Crippen molar-refractivity contribution < 1.29 is 14.5 Å². The summed E-state index contributed by atoms with van der Waals surface area (Å²) in [6.07, 6.45) is 3.12. The molecule has 1 heterocycles. The Morgan fingerprint density at radius 3 is 2.62 bits per heavy atom. The largest absolute Gasteiger partial charge is 0.451 e. The first-order valence-corrected chi connectivity index (χ1v) is 4.49. The first-order valence-electron chi connectivity index (χ1n) is 4.49. The fraction of sp³-hybridized carbons (Fsp3) is 0.875. The van der Waals surface area contributed by atoms with Crippen molar-refractivity contribution in [2.75, 3.05) is 0 Å². The lowest BCUT2D eigenvalue weighted by Crippen LogP contribution is -2.41. The molecular weight excluding hydrogens is 174 g/mol. The van der Waals surface area contributed by atoms with Crippen LogP contribution in [0, 0.1) is 10.1 Å². The Hall–Kier alpha value is -1.13. The summed E-state index contributed by atoms with van der Waals surface area (Å²) in [6, 6.07) is -0.803. The highest BCUT2D eigenvalue weighted by Gasteiger charge is 2.57. The van der Waals surface area contributed by atoms with Crippen LogP contribution in [0.3, 0.4) is 0 Å². The normalized spacial score (nSPS) is 30.8. The van der Waals surface area contributed by atoms with Gasteiger partial charge in [0.2, 0.25) is 0 Å². The molecule has 2 aliphatic rings. The van der Waals surface area contributed by atoms with E-state index in [1.54, 1.807) is 0 Å². The van der Waals surface area contributed by atoms with Crippen molar-refractivity contribution in [2.24, 2.45) is 0 Å². The van der Waals surface area contributed by atoms with Crippen LogP contribution in [-0.2, 0) is 9.53 Å². The van der Waals surface area contributed by atoms with Crippen molar-refractivity contribution in [3.05, 3.63) is 10.1 Å². The average Bonchev–Trinajstić information content (AvgIpc) is 2.60. The van der Waals surface area contributed by atoms with Crippen molar-refractivity contribution in [1.82, 2.24) is 0 Å². The number of hydrogen-bond donors (Lipinski definition) is 0. The Labute approximate surface area is 75.2 Å². The van der Waals surface area contributed by atoms with Crippen LogP contribution >= 0.6 is 0 Å². The number of carbonyl (C=O) groups excluding carboxylic acids is 1. The second-order valence-corrected chi connectivity index (χ2v) is 3.75. The van der Waals surface area contributed by atoms with Gasteiger partial charge in [0.05, 0.1) is 0 Å². The van der Waals surface area contributed by atoms with E-state index in [-0.39, 0.29) is 11.3 Å². The molecule has 13 heavy (non-hydrogen) atoms. The molecule has 1 spiro atoms. The molecule has 72 valence electrons. The van der Waals surface area contributed by atoms with E-state index in [0.29, 0.717) is 12.8 Å². The van der Waals surface area contributed by atoms with E-state index in [9.17, 15) is 14.9 Å². The Balaban J connectivity index is 2.25. The van der Waals surface area contributed by atoms with Crippen molar-refractivity contribution in [3.63, 3.8) is 0 Å². The highest BCUT2D eigenvalue weighted by Crippen LogP contribution is 2.42. The number of rotatable bonds is 1. The van der Waals surface area contributed by atoms with Crippen molar-refractivity contribution >= 4 is 5.97 Å². The second-order valence-electron chi connectivity index (χ2n) is 3.75. The van der Waals surface area contributed by atoms with Gasteiger partial charge < -0.3 is 4.74 Å². The molecule has 0 bridgehead atoms. The van der Waals surface area contributed by atoms with Crippen molar-refractivity contribution in [1.29, 1.82) is 0 Å². The molecule has 0 aromatic heterocycles. The highest BCUT2D eigenvalue weighted by atomic mass is 16.6. The van der Waals surface area contributed by atoms with Gasteiger partial charge in [0.1, 0.15) is 6.42 Å². The first-order chi connectivity index (χ1) is 6.14. The third-order valence-electron chi connectivity index (χ3n) is 2.99. The van der Waals surface area contributed by atoms with E-state index in [1.807, 2.05) is 0 Å². The second kappa shape index (κ2) is 2.68. The van der Waals surface area contributed by atoms with Crippen LogP contribution in [0.4, 0.5) is 0 Å². The highest BCUT2D eigenvalue weighted by molar-refractivity contribution is 5.73. The van der Waals surface area contributed by atoms with Gasteiger partial charge in [-0.1, -0.05) is 0 Å². The summed E-state index contributed by atoms with van der Waals surface area (Å²) < 4.78 is 5.10. The van der Waals surface area contributed by atoms with Gasteiger partial charge in [-0.25, -0.2) is 0 Å². The molecule has 0 amide bonds. The van der Waals surface area contributed by atoms with Gasteiger partial charge in [-0.05, 0) is 25.7 Å². The summed E-state index contributed by atoms with van der Waals surface area (Å²) >= 11 is 0. The van der Waals surface area contributed by atoms with Gasteiger partial charge in [-0.15, -0.1) is 0 Å². The van der Waals surface area contributed by atoms with E-state index in [0.717, 1.165) is 12.8 Å². The predicted molar refractivity (Wildman–Crippen MR) is 42.7 cm³/mol. The maximum absolute atomic E-state index is 11.0. The lowest BCUT2D eigenvalue weighted by molar-refractivity contribution is -0.536. The zero-order valence-corrected chi connectivity index (χ0v) is 7.19. The number of hydrogen-bond acceptors (Lipinski definition) is 4. The fourth-order valence-electron chi connectivity index (χ4n) is 2.36. The molecule has 1 aliphatic carbocycles. The first kappa shape index (κ1) is 8.47. The molecule has 5 heteroatoms. The third-order valence-corrected chi connectivity index (χ3v) is 2.99. The van der Waals surface area contributed by atoms with E-state index >= 15 is 0 Å². The van der Waals surface area contributed by atoms with E-state index in [4.69, 9.17) is 4.74 Å². The molecule has 1 saturated carbocycles. The van der Waals surface area contributed by atoms with Crippen LogP contribution in [-0.4, -0.2) is 22.5 Å². The Kier molecular flexibility index (Phi) is 1.75. The minimum absolute atomic E-state index is 0.0486. The predicted octanol–water partition coefficient (Wildman–Crippen LogP) is 0.891. The number of esters is 1. The van der Waals surface area contributed by atoms with Gasteiger partial charge in [-0.3, -0.25) is 14.9 Å². The van der Waals surface area contributed by atoms with Crippen LogP contribution < -0.4 is 0 Å². The fourth-order valence-corrected chi connectivity index (χ4v) is 2.36. The lowest BCUT2D eigenvalue weighted by atomic mass is 9.93. The van der Waals surface area contributed by atoms with Gasteiger partial charge >= 0.3 is 5.97 Å². The molecule has 1 saturated heterocycles. The van der Waals surface area contributed by atoms with Crippen LogP contribution in [0.2, 0.25) is 0 Å². The number of ether oxygens (including phenoxy) is 1. The number of carbonyl (C=O) groups is 1. The summed E-state index contributed by atoms with van der Waals surface area (Å²) in [5, 5.41) is 10.7. The molecule has 2 fully saturated rings. The Morgan fingerprint density at radius 2 is 2.08 bits per heavy atom. The Morgan fingerprint density at radius 1 is 1.46 bits per heavy atom. The summed E-state index contributed by atoms with van der Waals surface area (Å²) in [6.45, 7) is 0. The maximum atomic E-state index is 11.0. The average molecular weight is 185 g/mol. The zero-order chi connectivity index (χ0) is 9.47. The van der Waals surface area contributed by atoms with Gasteiger partial charge in [0.25, 0.3) is 6.04 Å². The topological polar surface area (TPSA) is 69.4 Å². The summed E-state index contributed by atoms with van der Waals surface area (Å²) in [5.41, 5.74) is -0.749. The Bertz CT molecular complexity index is 257. The summed E-state index contributed by atoms with van der Waals surface area (Å²) in [5.74, 6) is -0.413. The van der Waals surface area contributed by atoms with E-state index < -0.39 is 17.6 Å². The van der Waals surface area contributed by atoms with E-state index in [2.05, 4.69) is 0 Å². The molecule has 0 radical (unpaired) electrons. The molecule has 1 unspecified atom stereocenters. The molecule has 0 aromatic carbocycles.